The zero-order chi connectivity index (χ0) is 13.9. The summed E-state index contributed by atoms with van der Waals surface area (Å²) in [6.45, 7) is 6.73. The van der Waals surface area contributed by atoms with E-state index >= 15 is 0 Å². The number of nitrogens with one attached hydrogen (secondary N) is 1. The highest BCUT2D eigenvalue weighted by Gasteiger charge is 2.51. The van der Waals surface area contributed by atoms with Gasteiger partial charge in [-0.05, 0) is 24.7 Å². The molecule has 1 fully saturated rings. The van der Waals surface area contributed by atoms with E-state index in [2.05, 4.69) is 26.1 Å². The molecular formula is C13H24N2O2S. The monoisotopic (exact) mass is 272 g/mol. The number of nitrogens with two attached hydrogens (primary N) is 1. The van der Waals surface area contributed by atoms with E-state index in [1.807, 2.05) is 0 Å². The number of hydrogen-bond donors (Lipinski definition) is 2. The van der Waals surface area contributed by atoms with Gasteiger partial charge in [-0.2, -0.15) is 0 Å². The largest absolute Gasteiger partial charge is 0.392 e. The normalized spacial score (nSPS) is 28.6. The first-order valence-electron chi connectivity index (χ1n) is 6.43. The molecule has 0 saturated heterocycles. The lowest BCUT2D eigenvalue weighted by atomic mass is 9.62. The third-order valence-electron chi connectivity index (χ3n) is 3.77. The average molecular weight is 272 g/mol. The Balaban J connectivity index is 2.70. The van der Waals surface area contributed by atoms with Crippen LogP contribution >= 0.6 is 12.2 Å². The molecule has 0 aliphatic heterocycles. The van der Waals surface area contributed by atoms with Crippen LogP contribution in [0.5, 0.6) is 0 Å². The van der Waals surface area contributed by atoms with Crippen molar-refractivity contribution in [2.75, 3.05) is 13.7 Å². The highest BCUT2D eigenvalue weighted by atomic mass is 32.1. The van der Waals surface area contributed by atoms with Crippen LogP contribution in [0.4, 0.5) is 0 Å². The van der Waals surface area contributed by atoms with Crippen molar-refractivity contribution in [2.45, 2.75) is 39.7 Å². The van der Waals surface area contributed by atoms with Gasteiger partial charge in [-0.1, -0.05) is 33.0 Å². The number of carbonyl (C=O) groups excluding carboxylic acids is 1. The maximum absolute atomic E-state index is 12.4. The van der Waals surface area contributed by atoms with Crippen molar-refractivity contribution in [3.8, 4) is 0 Å². The Labute approximate surface area is 115 Å². The van der Waals surface area contributed by atoms with E-state index in [0.717, 1.165) is 12.8 Å². The first kappa shape index (κ1) is 15.4. The van der Waals surface area contributed by atoms with E-state index in [4.69, 9.17) is 22.7 Å². The van der Waals surface area contributed by atoms with E-state index in [-0.39, 0.29) is 11.9 Å². The summed E-state index contributed by atoms with van der Waals surface area (Å²) >= 11 is 5.08. The number of thiocarbonyl (C=S) groups is 1. The summed E-state index contributed by atoms with van der Waals surface area (Å²) in [5.74, 6) is 0.788. The fourth-order valence-corrected chi connectivity index (χ4v) is 2.77. The summed E-state index contributed by atoms with van der Waals surface area (Å²) < 4.78 is 5.13. The second kappa shape index (κ2) is 5.97. The van der Waals surface area contributed by atoms with Gasteiger partial charge in [0.05, 0.1) is 23.1 Å². The van der Waals surface area contributed by atoms with E-state index in [1.54, 1.807) is 7.11 Å². The van der Waals surface area contributed by atoms with Crippen LogP contribution in [0.15, 0.2) is 0 Å². The molecule has 0 aromatic rings. The standard InChI is InChI=1S/C13H24N2O2S/c1-8(2)10(7-17-4)15-12(16)13(11(14)18)5-9(3)6-13/h8-10H,5-7H2,1-4H3,(H2,14,18)(H,15,16). The van der Waals surface area contributed by atoms with Gasteiger partial charge in [-0.25, -0.2) is 0 Å². The van der Waals surface area contributed by atoms with Gasteiger partial charge in [-0.3, -0.25) is 4.79 Å². The van der Waals surface area contributed by atoms with Gasteiger partial charge >= 0.3 is 0 Å². The average Bonchev–Trinajstić information content (AvgIpc) is 2.22. The fraction of sp³-hybridized carbons (Fsp3) is 0.846. The maximum atomic E-state index is 12.4. The van der Waals surface area contributed by atoms with Gasteiger partial charge in [0.2, 0.25) is 5.91 Å². The molecule has 5 heteroatoms. The Morgan fingerprint density at radius 1 is 1.56 bits per heavy atom. The molecular weight excluding hydrogens is 248 g/mol. The second-order valence-electron chi connectivity index (χ2n) is 5.74. The summed E-state index contributed by atoms with van der Waals surface area (Å²) in [5.41, 5.74) is 5.13. The highest BCUT2D eigenvalue weighted by molar-refractivity contribution is 7.80. The molecule has 0 aromatic carbocycles. The Morgan fingerprint density at radius 3 is 2.44 bits per heavy atom. The molecule has 0 spiro atoms. The molecule has 1 aliphatic rings. The Bertz CT molecular complexity index is 325. The first-order chi connectivity index (χ1) is 8.33. The molecule has 1 amide bonds. The van der Waals surface area contributed by atoms with Crippen LogP contribution in [0, 0.1) is 17.3 Å². The minimum atomic E-state index is -0.629. The van der Waals surface area contributed by atoms with Crippen LogP contribution in [0.3, 0.4) is 0 Å². The molecule has 104 valence electrons. The summed E-state index contributed by atoms with van der Waals surface area (Å²) in [4.78, 5) is 12.7. The van der Waals surface area contributed by atoms with Gasteiger partial charge in [0.1, 0.15) is 0 Å². The van der Waals surface area contributed by atoms with Crippen molar-refractivity contribution in [1.82, 2.24) is 5.32 Å². The quantitative estimate of drug-likeness (QED) is 0.719. The Hall–Kier alpha value is -0.680. The minimum Gasteiger partial charge on any atom is -0.392 e. The summed E-state index contributed by atoms with van der Waals surface area (Å²) in [5, 5.41) is 3.03. The number of amides is 1. The summed E-state index contributed by atoms with van der Waals surface area (Å²) in [7, 11) is 1.64. The van der Waals surface area contributed by atoms with Gasteiger partial charge in [0.25, 0.3) is 0 Å². The van der Waals surface area contributed by atoms with Crippen molar-refractivity contribution in [1.29, 1.82) is 0 Å². The third kappa shape index (κ3) is 3.01. The summed E-state index contributed by atoms with van der Waals surface area (Å²) in [6.07, 6.45) is 1.51. The predicted molar refractivity (Wildman–Crippen MR) is 76.3 cm³/mol. The first-order valence-corrected chi connectivity index (χ1v) is 6.84. The van der Waals surface area contributed by atoms with Crippen LogP contribution in [0.25, 0.3) is 0 Å². The van der Waals surface area contributed by atoms with Gasteiger partial charge in [0.15, 0.2) is 0 Å². The Kier molecular flexibility index (Phi) is 5.10. The smallest absolute Gasteiger partial charge is 0.233 e. The van der Waals surface area contributed by atoms with Crippen LogP contribution in [0.1, 0.15) is 33.6 Å². The van der Waals surface area contributed by atoms with E-state index in [1.165, 1.54) is 0 Å². The lowest BCUT2D eigenvalue weighted by Gasteiger charge is -2.45. The SMILES string of the molecule is COCC(NC(=O)C1(C(N)=S)CC(C)C1)C(C)C. The number of carbonyl (C=O) groups is 1. The molecule has 1 saturated carbocycles. The number of rotatable bonds is 6. The van der Waals surface area contributed by atoms with Gasteiger partial charge < -0.3 is 15.8 Å². The summed E-state index contributed by atoms with van der Waals surface area (Å²) in [6, 6.07) is 0.00429. The molecule has 0 heterocycles. The lowest BCUT2D eigenvalue weighted by Crippen LogP contribution is -2.58. The minimum absolute atomic E-state index is 0.00429. The molecule has 0 radical (unpaired) electrons. The van der Waals surface area contributed by atoms with Gasteiger partial charge in [-0.15, -0.1) is 0 Å². The van der Waals surface area contributed by atoms with Crippen molar-refractivity contribution >= 4 is 23.1 Å². The zero-order valence-electron chi connectivity index (χ0n) is 11.7. The fourth-order valence-electron chi connectivity index (χ4n) is 2.52. The molecule has 1 unspecified atom stereocenters. The van der Waals surface area contributed by atoms with Crippen molar-refractivity contribution < 1.29 is 9.53 Å². The number of ether oxygens (including phenoxy) is 1. The molecule has 0 aromatic heterocycles. The van der Waals surface area contributed by atoms with Crippen LogP contribution in [-0.2, 0) is 9.53 Å². The van der Waals surface area contributed by atoms with Crippen molar-refractivity contribution in [3.63, 3.8) is 0 Å². The second-order valence-corrected chi connectivity index (χ2v) is 6.18. The van der Waals surface area contributed by atoms with Crippen molar-refractivity contribution in [2.24, 2.45) is 23.0 Å². The van der Waals surface area contributed by atoms with Crippen molar-refractivity contribution in [3.05, 3.63) is 0 Å². The molecule has 1 rings (SSSR count). The zero-order valence-corrected chi connectivity index (χ0v) is 12.5. The molecule has 1 aliphatic carbocycles. The maximum Gasteiger partial charge on any atom is 0.233 e. The van der Waals surface area contributed by atoms with E-state index in [0.29, 0.717) is 23.4 Å². The Morgan fingerprint density at radius 2 is 2.11 bits per heavy atom. The molecule has 3 N–H and O–H groups in total. The third-order valence-corrected chi connectivity index (χ3v) is 4.16. The highest BCUT2D eigenvalue weighted by Crippen LogP contribution is 2.46. The van der Waals surface area contributed by atoms with Gasteiger partial charge in [0, 0.05) is 7.11 Å². The number of hydrogen-bond acceptors (Lipinski definition) is 3. The predicted octanol–water partition coefficient (Wildman–Crippen LogP) is 1.48. The molecule has 18 heavy (non-hydrogen) atoms. The number of methoxy groups -OCH3 is 1. The van der Waals surface area contributed by atoms with Crippen LogP contribution in [-0.4, -0.2) is 30.7 Å². The van der Waals surface area contributed by atoms with E-state index < -0.39 is 5.41 Å². The molecule has 4 nitrogen and oxygen atoms in total. The van der Waals surface area contributed by atoms with Crippen LogP contribution in [0.2, 0.25) is 0 Å². The molecule has 0 bridgehead atoms. The molecule has 1 atom stereocenters. The topological polar surface area (TPSA) is 64.3 Å². The van der Waals surface area contributed by atoms with Crippen LogP contribution < -0.4 is 11.1 Å². The van der Waals surface area contributed by atoms with E-state index in [9.17, 15) is 4.79 Å². The lowest BCUT2D eigenvalue weighted by molar-refractivity contribution is -0.134.